The Morgan fingerprint density at radius 3 is 2.93 bits per heavy atom. The maximum absolute atomic E-state index is 6.03. The van der Waals surface area contributed by atoms with E-state index in [0.29, 0.717) is 0 Å². The highest BCUT2D eigenvalue weighted by Crippen LogP contribution is 2.22. The van der Waals surface area contributed by atoms with E-state index in [1.807, 2.05) is 24.3 Å². The van der Waals surface area contributed by atoms with Gasteiger partial charge in [0.25, 0.3) is 0 Å². The Kier molecular flexibility index (Phi) is 2.92. The van der Waals surface area contributed by atoms with E-state index in [0.717, 1.165) is 28.5 Å². The van der Waals surface area contributed by atoms with E-state index in [-0.39, 0.29) is 0 Å². The molecule has 0 aliphatic carbocycles. The fourth-order valence-electron chi connectivity index (χ4n) is 1.40. The van der Waals surface area contributed by atoms with E-state index in [1.165, 1.54) is 0 Å². The molecular formula is C11H12ClN3. The molecule has 2 rings (SSSR count). The molecule has 15 heavy (non-hydrogen) atoms. The van der Waals surface area contributed by atoms with Gasteiger partial charge in [0.15, 0.2) is 0 Å². The fourth-order valence-corrected chi connectivity index (χ4v) is 1.66. The standard InChI is InChI=1S/C11H12ClN3/c1-2-8-7-9(3-4-10(8)12)14-11-5-6-13-15-11/h3-7H,2H2,1H3,(H2,13,14,15). The molecule has 0 radical (unpaired) electrons. The first-order valence-electron chi connectivity index (χ1n) is 4.84. The highest BCUT2D eigenvalue weighted by molar-refractivity contribution is 6.31. The fraction of sp³-hybridized carbons (Fsp3) is 0.182. The van der Waals surface area contributed by atoms with Gasteiger partial charge in [0, 0.05) is 16.8 Å². The summed E-state index contributed by atoms with van der Waals surface area (Å²) in [4.78, 5) is 0. The van der Waals surface area contributed by atoms with Crippen LogP contribution in [-0.2, 0) is 6.42 Å². The third kappa shape index (κ3) is 2.30. The van der Waals surface area contributed by atoms with Crippen LogP contribution >= 0.6 is 11.6 Å². The lowest BCUT2D eigenvalue weighted by Crippen LogP contribution is -1.92. The third-order valence-electron chi connectivity index (χ3n) is 2.21. The molecule has 0 saturated carbocycles. The number of nitrogens with zero attached hydrogens (tertiary/aromatic N) is 1. The minimum absolute atomic E-state index is 0.813. The summed E-state index contributed by atoms with van der Waals surface area (Å²) in [5.41, 5.74) is 2.15. The number of aryl methyl sites for hydroxylation is 1. The smallest absolute Gasteiger partial charge is 0.125 e. The molecule has 2 aromatic rings. The van der Waals surface area contributed by atoms with Crippen molar-refractivity contribution in [1.29, 1.82) is 0 Å². The van der Waals surface area contributed by atoms with E-state index < -0.39 is 0 Å². The van der Waals surface area contributed by atoms with Crippen LogP contribution in [0.1, 0.15) is 12.5 Å². The van der Waals surface area contributed by atoms with Crippen LogP contribution in [0.5, 0.6) is 0 Å². The lowest BCUT2D eigenvalue weighted by atomic mass is 10.1. The van der Waals surface area contributed by atoms with Crippen molar-refractivity contribution in [2.45, 2.75) is 13.3 Å². The van der Waals surface area contributed by atoms with E-state index in [2.05, 4.69) is 22.4 Å². The van der Waals surface area contributed by atoms with Gasteiger partial charge in [-0.3, -0.25) is 5.10 Å². The molecule has 4 heteroatoms. The highest BCUT2D eigenvalue weighted by Gasteiger charge is 2.00. The molecule has 1 heterocycles. The van der Waals surface area contributed by atoms with E-state index >= 15 is 0 Å². The molecule has 0 atom stereocenters. The number of rotatable bonds is 3. The van der Waals surface area contributed by atoms with E-state index in [9.17, 15) is 0 Å². The van der Waals surface area contributed by atoms with Gasteiger partial charge in [-0.15, -0.1) is 0 Å². The zero-order valence-corrected chi connectivity index (χ0v) is 9.17. The second-order valence-corrected chi connectivity index (χ2v) is 3.66. The predicted octanol–water partition coefficient (Wildman–Crippen LogP) is 3.37. The Hall–Kier alpha value is -1.48. The zero-order valence-electron chi connectivity index (χ0n) is 8.42. The molecule has 78 valence electrons. The van der Waals surface area contributed by atoms with Gasteiger partial charge >= 0.3 is 0 Å². The third-order valence-corrected chi connectivity index (χ3v) is 2.58. The monoisotopic (exact) mass is 221 g/mol. The van der Waals surface area contributed by atoms with Crippen LogP contribution in [0.4, 0.5) is 11.5 Å². The number of aromatic nitrogens is 2. The first kappa shape index (κ1) is 10.1. The van der Waals surface area contributed by atoms with Gasteiger partial charge in [0.2, 0.25) is 0 Å². The zero-order chi connectivity index (χ0) is 10.7. The summed E-state index contributed by atoms with van der Waals surface area (Å²) in [7, 11) is 0. The summed E-state index contributed by atoms with van der Waals surface area (Å²) < 4.78 is 0. The molecule has 0 spiro atoms. The van der Waals surface area contributed by atoms with Crippen LogP contribution in [-0.4, -0.2) is 10.2 Å². The molecule has 0 aliphatic rings. The van der Waals surface area contributed by atoms with Crippen molar-refractivity contribution in [3.8, 4) is 0 Å². The second kappa shape index (κ2) is 4.36. The number of halogens is 1. The lowest BCUT2D eigenvalue weighted by molar-refractivity contribution is 1.09. The molecule has 0 saturated heterocycles. The minimum atomic E-state index is 0.813. The van der Waals surface area contributed by atoms with Gasteiger partial charge in [0.05, 0.1) is 6.20 Å². The van der Waals surface area contributed by atoms with Gasteiger partial charge < -0.3 is 5.32 Å². The number of H-pyrrole nitrogens is 1. The van der Waals surface area contributed by atoms with Crippen molar-refractivity contribution in [1.82, 2.24) is 10.2 Å². The number of benzene rings is 1. The number of hydrogen-bond acceptors (Lipinski definition) is 2. The number of nitrogens with one attached hydrogen (secondary N) is 2. The normalized spacial score (nSPS) is 10.3. The number of anilines is 2. The second-order valence-electron chi connectivity index (χ2n) is 3.26. The van der Waals surface area contributed by atoms with Crippen molar-refractivity contribution in [3.63, 3.8) is 0 Å². The molecule has 1 aromatic heterocycles. The Labute approximate surface area is 93.5 Å². The first-order chi connectivity index (χ1) is 7.29. The van der Waals surface area contributed by atoms with Crippen LogP contribution < -0.4 is 5.32 Å². The largest absolute Gasteiger partial charge is 0.341 e. The predicted molar refractivity (Wildman–Crippen MR) is 62.7 cm³/mol. The number of aromatic amines is 1. The average Bonchev–Trinajstić information content (AvgIpc) is 2.73. The molecule has 0 bridgehead atoms. The number of hydrogen-bond donors (Lipinski definition) is 2. The van der Waals surface area contributed by atoms with Crippen LogP contribution in [0.2, 0.25) is 5.02 Å². The van der Waals surface area contributed by atoms with Gasteiger partial charge in [-0.2, -0.15) is 5.10 Å². The van der Waals surface area contributed by atoms with Crippen molar-refractivity contribution in [2.24, 2.45) is 0 Å². The molecule has 0 aliphatic heterocycles. The molecule has 0 amide bonds. The van der Waals surface area contributed by atoms with Gasteiger partial charge in [-0.25, -0.2) is 0 Å². The lowest BCUT2D eigenvalue weighted by Gasteiger charge is -2.06. The van der Waals surface area contributed by atoms with E-state index in [1.54, 1.807) is 6.20 Å². The SMILES string of the molecule is CCc1cc(Nc2ccn[nH]2)ccc1Cl. The Morgan fingerprint density at radius 1 is 1.40 bits per heavy atom. The van der Waals surface area contributed by atoms with Crippen molar-refractivity contribution in [3.05, 3.63) is 41.0 Å². The molecule has 2 N–H and O–H groups in total. The topological polar surface area (TPSA) is 40.7 Å². The Bertz CT molecular complexity index is 437. The van der Waals surface area contributed by atoms with Crippen LogP contribution in [0, 0.1) is 0 Å². The van der Waals surface area contributed by atoms with Crippen molar-refractivity contribution < 1.29 is 0 Å². The van der Waals surface area contributed by atoms with Crippen LogP contribution in [0.25, 0.3) is 0 Å². The summed E-state index contributed by atoms with van der Waals surface area (Å²) in [6.07, 6.45) is 2.64. The summed E-state index contributed by atoms with van der Waals surface area (Å²) in [5, 5.41) is 10.7. The molecular weight excluding hydrogens is 210 g/mol. The average molecular weight is 222 g/mol. The van der Waals surface area contributed by atoms with Gasteiger partial charge in [-0.05, 0) is 30.2 Å². The van der Waals surface area contributed by atoms with E-state index in [4.69, 9.17) is 11.6 Å². The Balaban J connectivity index is 2.22. The molecule has 1 aromatic carbocycles. The first-order valence-corrected chi connectivity index (χ1v) is 5.22. The Morgan fingerprint density at radius 2 is 2.27 bits per heavy atom. The van der Waals surface area contributed by atoms with Crippen LogP contribution in [0.3, 0.4) is 0 Å². The van der Waals surface area contributed by atoms with Gasteiger partial charge in [-0.1, -0.05) is 18.5 Å². The quantitative estimate of drug-likeness (QED) is 0.835. The van der Waals surface area contributed by atoms with Crippen molar-refractivity contribution >= 4 is 23.1 Å². The highest BCUT2D eigenvalue weighted by atomic mass is 35.5. The van der Waals surface area contributed by atoms with Gasteiger partial charge in [0.1, 0.15) is 5.82 Å². The van der Waals surface area contributed by atoms with Crippen molar-refractivity contribution in [2.75, 3.05) is 5.32 Å². The summed E-state index contributed by atoms with van der Waals surface area (Å²) in [6.45, 7) is 2.08. The summed E-state index contributed by atoms with van der Waals surface area (Å²) in [6, 6.07) is 7.77. The minimum Gasteiger partial charge on any atom is -0.341 e. The summed E-state index contributed by atoms with van der Waals surface area (Å²) >= 11 is 6.03. The maximum Gasteiger partial charge on any atom is 0.125 e. The molecule has 3 nitrogen and oxygen atoms in total. The summed E-state index contributed by atoms with van der Waals surface area (Å²) in [5.74, 6) is 0.874. The molecule has 0 unspecified atom stereocenters. The van der Waals surface area contributed by atoms with Crippen LogP contribution in [0.15, 0.2) is 30.5 Å². The molecule has 0 fully saturated rings. The maximum atomic E-state index is 6.03.